The van der Waals surface area contributed by atoms with Crippen LogP contribution in [0, 0.1) is 17.2 Å². The van der Waals surface area contributed by atoms with Gasteiger partial charge >= 0.3 is 0 Å². The first kappa shape index (κ1) is 23.8. The van der Waals surface area contributed by atoms with Crippen molar-refractivity contribution < 1.29 is 14.4 Å². The van der Waals surface area contributed by atoms with Crippen LogP contribution >= 0.6 is 11.8 Å². The summed E-state index contributed by atoms with van der Waals surface area (Å²) in [5.74, 6) is 0.816. The van der Waals surface area contributed by atoms with Gasteiger partial charge in [-0.2, -0.15) is 5.26 Å². The molecule has 2 aromatic carbocycles. The third kappa shape index (κ3) is 5.78. The second kappa shape index (κ2) is 11.2. The van der Waals surface area contributed by atoms with Crippen molar-refractivity contribution in [2.24, 2.45) is 5.92 Å². The van der Waals surface area contributed by atoms with E-state index < -0.39 is 6.04 Å². The van der Waals surface area contributed by atoms with Crippen LogP contribution in [0.4, 0.5) is 5.69 Å². The van der Waals surface area contributed by atoms with Crippen molar-refractivity contribution in [2.45, 2.75) is 31.7 Å². The highest BCUT2D eigenvalue weighted by atomic mass is 32.2. The zero-order chi connectivity index (χ0) is 23.9. The molecule has 2 aromatic rings. The number of likely N-dealkylation sites (tertiary alicyclic amines) is 1. The second-order valence-electron chi connectivity index (χ2n) is 8.64. The van der Waals surface area contributed by atoms with E-state index in [1.165, 1.54) is 0 Å². The first-order chi connectivity index (χ1) is 16.5. The normalized spacial score (nSPS) is 18.4. The Morgan fingerprint density at radius 2 is 1.74 bits per heavy atom. The van der Waals surface area contributed by atoms with Gasteiger partial charge in [0.2, 0.25) is 17.7 Å². The molecule has 2 aliphatic heterocycles. The molecule has 2 fully saturated rings. The van der Waals surface area contributed by atoms with Crippen LogP contribution in [0.25, 0.3) is 0 Å². The van der Waals surface area contributed by atoms with Gasteiger partial charge in [0, 0.05) is 36.9 Å². The molecule has 2 aliphatic rings. The standard InChI is InChI=1S/C26H28N4O3S/c27-16-20-6-9-22(10-7-20)28-25(32)23-17-34-18-30(23)26(33)21-12-14-29(15-13-21)24(31)11-8-19-4-2-1-3-5-19/h1-7,9-10,21,23H,8,11-15,17-18H2,(H,28,32). The quantitative estimate of drug-likeness (QED) is 0.691. The summed E-state index contributed by atoms with van der Waals surface area (Å²) < 4.78 is 0. The topological polar surface area (TPSA) is 93.5 Å². The molecule has 0 aliphatic carbocycles. The number of carbonyl (C=O) groups excluding carboxylic acids is 3. The number of anilines is 1. The molecule has 176 valence electrons. The van der Waals surface area contributed by atoms with Gasteiger partial charge in [0.25, 0.3) is 0 Å². The van der Waals surface area contributed by atoms with Gasteiger partial charge in [-0.25, -0.2) is 0 Å². The van der Waals surface area contributed by atoms with Gasteiger partial charge < -0.3 is 15.1 Å². The van der Waals surface area contributed by atoms with Gasteiger partial charge in [0.15, 0.2) is 0 Å². The molecule has 8 heteroatoms. The smallest absolute Gasteiger partial charge is 0.248 e. The van der Waals surface area contributed by atoms with E-state index in [-0.39, 0.29) is 23.6 Å². The SMILES string of the molecule is N#Cc1ccc(NC(=O)C2CSCN2C(=O)C2CCN(C(=O)CCc3ccccc3)CC2)cc1. The van der Waals surface area contributed by atoms with Crippen molar-refractivity contribution in [1.82, 2.24) is 9.80 Å². The van der Waals surface area contributed by atoms with Crippen molar-refractivity contribution in [3.63, 3.8) is 0 Å². The molecule has 0 saturated carbocycles. The Morgan fingerprint density at radius 1 is 1.03 bits per heavy atom. The number of nitriles is 1. The molecule has 0 aromatic heterocycles. The van der Waals surface area contributed by atoms with E-state index >= 15 is 0 Å². The Morgan fingerprint density at radius 3 is 2.41 bits per heavy atom. The molecule has 0 bridgehead atoms. The average molecular weight is 477 g/mol. The zero-order valence-corrected chi connectivity index (χ0v) is 19.8. The number of amides is 3. The largest absolute Gasteiger partial charge is 0.343 e. The number of nitrogens with zero attached hydrogens (tertiary/aromatic N) is 3. The number of hydrogen-bond donors (Lipinski definition) is 1. The number of carbonyl (C=O) groups is 3. The zero-order valence-electron chi connectivity index (χ0n) is 19.0. The van der Waals surface area contributed by atoms with E-state index in [2.05, 4.69) is 11.4 Å². The number of nitrogens with one attached hydrogen (secondary N) is 1. The predicted octanol–water partition coefficient (Wildman–Crippen LogP) is 3.27. The van der Waals surface area contributed by atoms with Crippen LogP contribution in [-0.4, -0.2) is 58.3 Å². The van der Waals surface area contributed by atoms with Gasteiger partial charge in [0.1, 0.15) is 6.04 Å². The molecule has 7 nitrogen and oxygen atoms in total. The first-order valence-electron chi connectivity index (χ1n) is 11.6. The molecule has 4 rings (SSSR count). The van der Waals surface area contributed by atoms with Gasteiger partial charge in [-0.05, 0) is 49.1 Å². The van der Waals surface area contributed by atoms with Crippen molar-refractivity contribution in [1.29, 1.82) is 5.26 Å². The Kier molecular flexibility index (Phi) is 7.86. The highest BCUT2D eigenvalue weighted by Crippen LogP contribution is 2.28. The summed E-state index contributed by atoms with van der Waals surface area (Å²) in [5.41, 5.74) is 2.28. The summed E-state index contributed by atoms with van der Waals surface area (Å²) in [7, 11) is 0. The van der Waals surface area contributed by atoms with Crippen LogP contribution in [0.3, 0.4) is 0 Å². The van der Waals surface area contributed by atoms with Crippen LogP contribution in [0.2, 0.25) is 0 Å². The Bertz CT molecular complexity index is 1060. The Balaban J connectivity index is 1.27. The van der Waals surface area contributed by atoms with Crippen molar-refractivity contribution in [3.05, 3.63) is 65.7 Å². The molecular weight excluding hydrogens is 448 g/mol. The fourth-order valence-corrected chi connectivity index (χ4v) is 5.56. The summed E-state index contributed by atoms with van der Waals surface area (Å²) in [6.45, 7) is 1.15. The number of aryl methyl sites for hydroxylation is 1. The summed E-state index contributed by atoms with van der Waals surface area (Å²) in [4.78, 5) is 42.3. The number of hydrogen-bond acceptors (Lipinski definition) is 5. The number of rotatable bonds is 6. The molecule has 1 atom stereocenters. The highest BCUT2D eigenvalue weighted by molar-refractivity contribution is 7.99. The molecule has 3 amide bonds. The van der Waals surface area contributed by atoms with Gasteiger partial charge in [-0.1, -0.05) is 30.3 Å². The number of benzene rings is 2. The van der Waals surface area contributed by atoms with Gasteiger partial charge in [-0.3, -0.25) is 14.4 Å². The van der Waals surface area contributed by atoms with E-state index in [4.69, 9.17) is 5.26 Å². The summed E-state index contributed by atoms with van der Waals surface area (Å²) in [5, 5.41) is 11.8. The molecule has 34 heavy (non-hydrogen) atoms. The van der Waals surface area contributed by atoms with Crippen LogP contribution < -0.4 is 5.32 Å². The van der Waals surface area contributed by atoms with Crippen molar-refractivity contribution >= 4 is 35.2 Å². The third-order valence-electron chi connectivity index (χ3n) is 6.42. The van der Waals surface area contributed by atoms with E-state index in [9.17, 15) is 14.4 Å². The van der Waals surface area contributed by atoms with Crippen LogP contribution in [0.5, 0.6) is 0 Å². The second-order valence-corrected chi connectivity index (χ2v) is 9.64. The lowest BCUT2D eigenvalue weighted by atomic mass is 9.94. The van der Waals surface area contributed by atoms with E-state index in [0.717, 1.165) is 12.0 Å². The fraction of sp³-hybridized carbons (Fsp3) is 0.385. The minimum atomic E-state index is -0.515. The van der Waals surface area contributed by atoms with Crippen LogP contribution in [0.1, 0.15) is 30.4 Å². The molecule has 1 unspecified atom stereocenters. The van der Waals surface area contributed by atoms with Crippen molar-refractivity contribution in [2.75, 3.05) is 30.0 Å². The lowest BCUT2D eigenvalue weighted by molar-refractivity contribution is -0.143. The maximum absolute atomic E-state index is 13.2. The number of thioether (sulfide) groups is 1. The highest BCUT2D eigenvalue weighted by Gasteiger charge is 2.38. The lowest BCUT2D eigenvalue weighted by Crippen LogP contribution is -2.49. The Labute approximate surface area is 204 Å². The summed E-state index contributed by atoms with van der Waals surface area (Å²) in [6.07, 6.45) is 2.45. The Hall–Kier alpha value is -3.31. The summed E-state index contributed by atoms with van der Waals surface area (Å²) >= 11 is 1.57. The third-order valence-corrected chi connectivity index (χ3v) is 7.43. The molecule has 0 radical (unpaired) electrons. The predicted molar refractivity (Wildman–Crippen MR) is 132 cm³/mol. The minimum absolute atomic E-state index is 0.00126. The fourth-order valence-electron chi connectivity index (χ4n) is 4.40. The minimum Gasteiger partial charge on any atom is -0.343 e. The molecule has 1 N–H and O–H groups in total. The molecule has 2 saturated heterocycles. The van der Waals surface area contributed by atoms with Crippen LogP contribution in [-0.2, 0) is 20.8 Å². The van der Waals surface area contributed by atoms with E-state index in [1.54, 1.807) is 40.9 Å². The van der Waals surface area contributed by atoms with Crippen LogP contribution in [0.15, 0.2) is 54.6 Å². The van der Waals surface area contributed by atoms with Gasteiger partial charge in [0.05, 0.1) is 17.5 Å². The lowest BCUT2D eigenvalue weighted by Gasteiger charge is -2.34. The monoisotopic (exact) mass is 476 g/mol. The number of piperidine rings is 1. The molecular formula is C26H28N4O3S. The van der Waals surface area contributed by atoms with E-state index in [0.29, 0.717) is 55.2 Å². The van der Waals surface area contributed by atoms with E-state index in [1.807, 2.05) is 35.2 Å². The molecule has 0 spiro atoms. The molecule has 2 heterocycles. The average Bonchev–Trinajstić information content (AvgIpc) is 3.38. The maximum Gasteiger partial charge on any atom is 0.248 e. The van der Waals surface area contributed by atoms with Crippen molar-refractivity contribution in [3.8, 4) is 6.07 Å². The van der Waals surface area contributed by atoms with Gasteiger partial charge in [-0.15, -0.1) is 11.8 Å². The maximum atomic E-state index is 13.2. The summed E-state index contributed by atoms with van der Waals surface area (Å²) in [6, 6.07) is 18.2. The first-order valence-corrected chi connectivity index (χ1v) is 12.7.